The van der Waals surface area contributed by atoms with Gasteiger partial charge in [0.05, 0.1) is 19.2 Å². The summed E-state index contributed by atoms with van der Waals surface area (Å²) in [5.74, 6) is 0.491. The molecule has 2 heterocycles. The number of methoxy groups -OCH3 is 1. The van der Waals surface area contributed by atoms with Crippen molar-refractivity contribution in [2.24, 2.45) is 0 Å². The van der Waals surface area contributed by atoms with E-state index in [0.717, 1.165) is 16.3 Å². The van der Waals surface area contributed by atoms with Crippen molar-refractivity contribution in [1.29, 1.82) is 0 Å². The summed E-state index contributed by atoms with van der Waals surface area (Å²) in [5, 5.41) is 3.53. The quantitative estimate of drug-likeness (QED) is 0.571. The molecule has 0 aliphatic carbocycles. The standard InChI is InChI=1S/C24H23F3N4O3/c1-34-20-4-2-3-17(15-20)16-22(32)29-11-13-30(14-12-29)23(33)18-5-7-19(8-6-18)31-10-9-21(28-31)24(25,26)27/h2-10,15H,11-14,16H2,1H3. The minimum atomic E-state index is -4.52. The number of hydrogen-bond acceptors (Lipinski definition) is 4. The molecule has 3 aromatic rings. The van der Waals surface area contributed by atoms with E-state index in [1.165, 1.54) is 6.20 Å². The van der Waals surface area contributed by atoms with Gasteiger partial charge >= 0.3 is 6.18 Å². The lowest BCUT2D eigenvalue weighted by atomic mass is 10.1. The number of carbonyl (C=O) groups is 2. The van der Waals surface area contributed by atoms with Crippen LogP contribution in [0.3, 0.4) is 0 Å². The molecule has 1 aliphatic heterocycles. The Labute approximate surface area is 194 Å². The van der Waals surface area contributed by atoms with Crippen LogP contribution in [0.1, 0.15) is 21.6 Å². The molecule has 0 spiro atoms. The molecule has 1 aliphatic rings. The first-order chi connectivity index (χ1) is 16.2. The number of nitrogens with zero attached hydrogens (tertiary/aromatic N) is 4. The van der Waals surface area contributed by atoms with Gasteiger partial charge in [-0.15, -0.1) is 0 Å². The van der Waals surface area contributed by atoms with Gasteiger partial charge in [-0.25, -0.2) is 4.68 Å². The Balaban J connectivity index is 1.33. The second kappa shape index (κ2) is 9.58. The van der Waals surface area contributed by atoms with Crippen LogP contribution in [0.25, 0.3) is 5.69 Å². The number of benzene rings is 2. The number of aromatic nitrogens is 2. The SMILES string of the molecule is COc1cccc(CC(=O)N2CCN(C(=O)c3ccc(-n4ccc(C(F)(F)F)n4)cc3)CC2)c1. The molecule has 1 fully saturated rings. The summed E-state index contributed by atoms with van der Waals surface area (Å²) >= 11 is 0. The Morgan fingerprint density at radius 3 is 2.26 bits per heavy atom. The molecule has 0 N–H and O–H groups in total. The van der Waals surface area contributed by atoms with E-state index in [2.05, 4.69) is 5.10 Å². The largest absolute Gasteiger partial charge is 0.497 e. The Bertz CT molecular complexity index is 1170. The van der Waals surface area contributed by atoms with Crippen molar-refractivity contribution < 1.29 is 27.5 Å². The molecule has 34 heavy (non-hydrogen) atoms. The summed E-state index contributed by atoms with van der Waals surface area (Å²) in [6.45, 7) is 1.66. The highest BCUT2D eigenvalue weighted by atomic mass is 19.4. The first-order valence-electron chi connectivity index (χ1n) is 10.7. The number of carbonyl (C=O) groups excluding carboxylic acids is 2. The Morgan fingerprint density at radius 1 is 0.971 bits per heavy atom. The van der Waals surface area contributed by atoms with E-state index >= 15 is 0 Å². The Morgan fingerprint density at radius 2 is 1.65 bits per heavy atom. The molecule has 0 atom stereocenters. The lowest BCUT2D eigenvalue weighted by molar-refractivity contribution is -0.141. The van der Waals surface area contributed by atoms with E-state index in [4.69, 9.17) is 4.74 Å². The fourth-order valence-corrected chi connectivity index (χ4v) is 3.79. The number of piperazine rings is 1. The van der Waals surface area contributed by atoms with Crippen LogP contribution in [0.5, 0.6) is 5.75 Å². The van der Waals surface area contributed by atoms with Gasteiger partial charge in [0.2, 0.25) is 5.91 Å². The van der Waals surface area contributed by atoms with Gasteiger partial charge in [0.1, 0.15) is 5.75 Å². The summed E-state index contributed by atoms with van der Waals surface area (Å²) in [6.07, 6.45) is -3.03. The molecule has 4 rings (SSSR count). The monoisotopic (exact) mass is 472 g/mol. The second-order valence-electron chi connectivity index (χ2n) is 7.89. The predicted octanol–water partition coefficient (Wildman–Crippen LogP) is 3.43. The number of ether oxygens (including phenoxy) is 1. The normalized spacial score (nSPS) is 14.2. The minimum absolute atomic E-state index is 0.0119. The van der Waals surface area contributed by atoms with E-state index in [1.807, 2.05) is 24.3 Å². The van der Waals surface area contributed by atoms with E-state index in [0.29, 0.717) is 43.2 Å². The van der Waals surface area contributed by atoms with Gasteiger partial charge in [-0.3, -0.25) is 9.59 Å². The predicted molar refractivity (Wildman–Crippen MR) is 118 cm³/mol. The van der Waals surface area contributed by atoms with Crippen LogP contribution >= 0.6 is 0 Å². The number of alkyl halides is 3. The van der Waals surface area contributed by atoms with Gasteiger partial charge in [-0.1, -0.05) is 12.1 Å². The molecule has 178 valence electrons. The van der Waals surface area contributed by atoms with Crippen molar-refractivity contribution in [2.75, 3.05) is 33.3 Å². The first kappa shape index (κ1) is 23.3. The van der Waals surface area contributed by atoms with Crippen molar-refractivity contribution in [3.05, 3.63) is 77.6 Å². The Kier molecular flexibility index (Phi) is 6.58. The summed E-state index contributed by atoms with van der Waals surface area (Å²) < 4.78 is 44.6. The average Bonchev–Trinajstić information content (AvgIpc) is 3.35. The molecule has 1 saturated heterocycles. The summed E-state index contributed by atoms with van der Waals surface area (Å²) in [6, 6.07) is 14.5. The minimum Gasteiger partial charge on any atom is -0.497 e. The third-order valence-corrected chi connectivity index (χ3v) is 5.67. The topological polar surface area (TPSA) is 67.7 Å². The van der Waals surface area contributed by atoms with Gasteiger partial charge in [0.15, 0.2) is 5.69 Å². The van der Waals surface area contributed by atoms with Gasteiger partial charge < -0.3 is 14.5 Å². The third-order valence-electron chi connectivity index (χ3n) is 5.67. The van der Waals surface area contributed by atoms with Crippen LogP contribution in [0.4, 0.5) is 13.2 Å². The van der Waals surface area contributed by atoms with Gasteiger partial charge in [0, 0.05) is 37.9 Å². The van der Waals surface area contributed by atoms with Crippen molar-refractivity contribution in [2.45, 2.75) is 12.6 Å². The zero-order chi connectivity index (χ0) is 24.3. The third kappa shape index (κ3) is 5.22. The van der Waals surface area contributed by atoms with Crippen LogP contribution in [0.15, 0.2) is 60.8 Å². The lowest BCUT2D eigenvalue weighted by Gasteiger charge is -2.35. The molecule has 2 amide bonds. The van der Waals surface area contributed by atoms with Crippen molar-refractivity contribution in [1.82, 2.24) is 19.6 Å². The lowest BCUT2D eigenvalue weighted by Crippen LogP contribution is -2.51. The van der Waals surface area contributed by atoms with Gasteiger partial charge in [-0.05, 0) is 48.0 Å². The van der Waals surface area contributed by atoms with Crippen molar-refractivity contribution in [3.8, 4) is 11.4 Å². The first-order valence-corrected chi connectivity index (χ1v) is 10.7. The van der Waals surface area contributed by atoms with Crippen molar-refractivity contribution >= 4 is 11.8 Å². The molecular weight excluding hydrogens is 449 g/mol. The molecule has 10 heteroatoms. The fraction of sp³-hybridized carbons (Fsp3) is 0.292. The molecule has 2 aromatic carbocycles. The number of rotatable bonds is 5. The van der Waals surface area contributed by atoms with E-state index in [9.17, 15) is 22.8 Å². The smallest absolute Gasteiger partial charge is 0.435 e. The fourth-order valence-electron chi connectivity index (χ4n) is 3.79. The van der Waals surface area contributed by atoms with Gasteiger partial charge in [0.25, 0.3) is 5.91 Å². The molecule has 0 saturated carbocycles. The van der Waals surface area contributed by atoms with Gasteiger partial charge in [-0.2, -0.15) is 18.3 Å². The molecule has 0 bridgehead atoms. The number of halogens is 3. The highest BCUT2D eigenvalue weighted by Gasteiger charge is 2.33. The van der Waals surface area contributed by atoms with E-state index in [1.54, 1.807) is 41.2 Å². The highest BCUT2D eigenvalue weighted by molar-refractivity contribution is 5.94. The number of hydrogen-bond donors (Lipinski definition) is 0. The maximum absolute atomic E-state index is 12.9. The zero-order valence-corrected chi connectivity index (χ0v) is 18.5. The van der Waals surface area contributed by atoms with E-state index < -0.39 is 11.9 Å². The number of amides is 2. The van der Waals surface area contributed by atoms with Crippen LogP contribution in [-0.4, -0.2) is 64.7 Å². The average molecular weight is 472 g/mol. The highest BCUT2D eigenvalue weighted by Crippen LogP contribution is 2.28. The second-order valence-corrected chi connectivity index (χ2v) is 7.89. The molecule has 0 radical (unpaired) electrons. The van der Waals surface area contributed by atoms with Crippen LogP contribution in [0, 0.1) is 0 Å². The molecule has 1 aromatic heterocycles. The molecular formula is C24H23F3N4O3. The van der Waals surface area contributed by atoms with Crippen LogP contribution < -0.4 is 4.74 Å². The zero-order valence-electron chi connectivity index (χ0n) is 18.5. The van der Waals surface area contributed by atoms with E-state index in [-0.39, 0.29) is 18.2 Å². The summed E-state index contributed by atoms with van der Waals surface area (Å²) in [7, 11) is 1.58. The van der Waals surface area contributed by atoms with Crippen molar-refractivity contribution in [3.63, 3.8) is 0 Å². The molecule has 7 nitrogen and oxygen atoms in total. The Hall–Kier alpha value is -3.82. The summed E-state index contributed by atoms with van der Waals surface area (Å²) in [4.78, 5) is 28.9. The van der Waals surface area contributed by atoms with Crippen LogP contribution in [-0.2, 0) is 17.4 Å². The van der Waals surface area contributed by atoms with Crippen LogP contribution in [0.2, 0.25) is 0 Å². The maximum atomic E-state index is 12.9. The summed E-state index contributed by atoms with van der Waals surface area (Å²) in [5.41, 5.74) is 0.720. The molecule has 0 unspecified atom stereocenters. The maximum Gasteiger partial charge on any atom is 0.435 e.